The van der Waals surface area contributed by atoms with E-state index in [1.54, 1.807) is 0 Å². The van der Waals surface area contributed by atoms with E-state index in [0.29, 0.717) is 31.1 Å². The summed E-state index contributed by atoms with van der Waals surface area (Å²) in [4.78, 5) is 24.9. The number of hydrogen-bond donors (Lipinski definition) is 0. The van der Waals surface area contributed by atoms with Crippen LogP contribution in [0.25, 0.3) is 0 Å². The third-order valence-electron chi connectivity index (χ3n) is 7.71. The highest BCUT2D eigenvalue weighted by molar-refractivity contribution is 5.84. The van der Waals surface area contributed by atoms with E-state index in [-0.39, 0.29) is 6.04 Å². The number of fused-ring (bicyclic) bond motifs is 2. The molecule has 0 spiro atoms. The molecule has 0 radical (unpaired) electrons. The molecule has 35 heavy (non-hydrogen) atoms. The summed E-state index contributed by atoms with van der Waals surface area (Å²) in [5, 5.41) is 0. The van der Waals surface area contributed by atoms with Crippen LogP contribution in [-0.4, -0.2) is 58.5 Å². The van der Waals surface area contributed by atoms with Crippen molar-refractivity contribution in [3.63, 3.8) is 0 Å². The Kier molecular flexibility index (Phi) is 5.90. The standard InChI is InChI=1S/C29H32N4O2/c1-21-7-9-22(10-8-21)17-31-14-13-27(29(31)34)32-18-25-15-24(32)19-33(25)28-12-11-26(16-30-28)35-20-23-5-3-2-4-6-23/h2-12,16,24-25,27H,13-15,17-20H2,1H3/t24-,25-,27+/m0/s1. The third-order valence-corrected chi connectivity index (χ3v) is 7.71. The number of pyridine rings is 1. The largest absolute Gasteiger partial charge is 0.487 e. The first kappa shape index (κ1) is 22.1. The van der Waals surface area contributed by atoms with Crippen LogP contribution >= 0.6 is 0 Å². The fourth-order valence-electron chi connectivity index (χ4n) is 5.83. The SMILES string of the molecule is Cc1ccc(CN2CC[C@@H](N3C[C@@H]4C[C@H]3CN4c3ccc(OCc4ccccc4)cn3)C2=O)cc1. The van der Waals surface area contributed by atoms with Crippen molar-refractivity contribution in [2.45, 2.75) is 51.0 Å². The third kappa shape index (κ3) is 4.50. The predicted octanol–water partition coefficient (Wildman–Crippen LogP) is 4.03. The number of nitrogens with zero attached hydrogens (tertiary/aromatic N) is 4. The molecule has 1 amide bonds. The van der Waals surface area contributed by atoms with Crippen molar-refractivity contribution in [2.75, 3.05) is 24.5 Å². The van der Waals surface area contributed by atoms with Crippen LogP contribution in [0.2, 0.25) is 0 Å². The van der Waals surface area contributed by atoms with Crippen molar-refractivity contribution in [1.82, 2.24) is 14.8 Å². The van der Waals surface area contributed by atoms with Gasteiger partial charge >= 0.3 is 0 Å². The zero-order chi connectivity index (χ0) is 23.8. The van der Waals surface area contributed by atoms with Gasteiger partial charge < -0.3 is 14.5 Å². The van der Waals surface area contributed by atoms with Crippen LogP contribution in [0, 0.1) is 6.92 Å². The molecule has 0 saturated carbocycles. The molecule has 0 unspecified atom stereocenters. The number of amides is 1. The number of piperazine rings is 1. The Balaban J connectivity index is 1.04. The molecule has 3 aromatic rings. The fraction of sp³-hybridized carbons (Fsp3) is 0.379. The second-order valence-electron chi connectivity index (χ2n) is 10.1. The molecule has 3 aliphatic rings. The van der Waals surface area contributed by atoms with Gasteiger partial charge in [-0.05, 0) is 43.0 Å². The molecule has 180 valence electrons. The lowest BCUT2D eigenvalue weighted by atomic mass is 10.1. The van der Waals surface area contributed by atoms with Crippen molar-refractivity contribution >= 4 is 11.7 Å². The average Bonchev–Trinajstić information content (AvgIpc) is 3.60. The number of hydrogen-bond acceptors (Lipinski definition) is 5. The summed E-state index contributed by atoms with van der Waals surface area (Å²) in [6.07, 6.45) is 3.86. The summed E-state index contributed by atoms with van der Waals surface area (Å²) < 4.78 is 5.90. The molecular formula is C29H32N4O2. The van der Waals surface area contributed by atoms with E-state index in [1.165, 1.54) is 11.1 Å². The van der Waals surface area contributed by atoms with Crippen LogP contribution in [0.1, 0.15) is 29.5 Å². The van der Waals surface area contributed by atoms with Gasteiger partial charge in [0.1, 0.15) is 18.2 Å². The molecule has 3 saturated heterocycles. The Morgan fingerprint density at radius 1 is 0.943 bits per heavy atom. The quantitative estimate of drug-likeness (QED) is 0.524. The van der Waals surface area contributed by atoms with Crippen LogP contribution in [0.15, 0.2) is 72.9 Å². The minimum atomic E-state index is 0.0271. The molecular weight excluding hydrogens is 436 g/mol. The number of rotatable bonds is 7. The van der Waals surface area contributed by atoms with Gasteiger partial charge in [-0.25, -0.2) is 4.98 Å². The molecule has 6 heteroatoms. The number of carbonyl (C=O) groups excluding carboxylic acids is 1. The Labute approximate surface area is 207 Å². The molecule has 1 aromatic heterocycles. The maximum absolute atomic E-state index is 13.2. The topological polar surface area (TPSA) is 48.9 Å². The number of likely N-dealkylation sites (tertiary alicyclic amines) is 2. The number of ether oxygens (including phenoxy) is 1. The smallest absolute Gasteiger partial charge is 0.240 e. The highest BCUT2D eigenvalue weighted by Crippen LogP contribution is 2.37. The van der Waals surface area contributed by atoms with E-state index in [0.717, 1.165) is 49.6 Å². The molecule has 6 nitrogen and oxygen atoms in total. The second kappa shape index (κ2) is 9.34. The van der Waals surface area contributed by atoms with Crippen molar-refractivity contribution < 1.29 is 9.53 Å². The minimum absolute atomic E-state index is 0.0271. The number of anilines is 1. The van der Waals surface area contributed by atoms with Gasteiger partial charge in [0, 0.05) is 38.3 Å². The fourth-order valence-corrected chi connectivity index (χ4v) is 5.83. The number of aryl methyl sites for hydroxylation is 1. The first-order valence-corrected chi connectivity index (χ1v) is 12.6. The van der Waals surface area contributed by atoms with Crippen molar-refractivity contribution in [1.29, 1.82) is 0 Å². The Bertz CT molecular complexity index is 1170. The maximum Gasteiger partial charge on any atom is 0.240 e. The van der Waals surface area contributed by atoms with E-state index >= 15 is 0 Å². The molecule has 2 bridgehead atoms. The lowest BCUT2D eigenvalue weighted by Gasteiger charge is -2.37. The van der Waals surface area contributed by atoms with Crippen molar-refractivity contribution in [3.05, 3.63) is 89.6 Å². The number of carbonyl (C=O) groups is 1. The van der Waals surface area contributed by atoms with Gasteiger partial charge in [-0.2, -0.15) is 0 Å². The predicted molar refractivity (Wildman–Crippen MR) is 136 cm³/mol. The lowest BCUT2D eigenvalue weighted by molar-refractivity contribution is -0.133. The van der Waals surface area contributed by atoms with Crippen LogP contribution < -0.4 is 9.64 Å². The van der Waals surface area contributed by atoms with Crippen LogP contribution in [-0.2, 0) is 17.9 Å². The molecule has 4 heterocycles. The zero-order valence-electron chi connectivity index (χ0n) is 20.2. The Morgan fingerprint density at radius 3 is 2.49 bits per heavy atom. The summed E-state index contributed by atoms with van der Waals surface area (Å²) in [5.41, 5.74) is 3.61. The van der Waals surface area contributed by atoms with Gasteiger partial charge in [-0.15, -0.1) is 0 Å². The second-order valence-corrected chi connectivity index (χ2v) is 10.1. The van der Waals surface area contributed by atoms with Gasteiger partial charge in [-0.1, -0.05) is 60.2 Å². The molecule has 0 N–H and O–H groups in total. The van der Waals surface area contributed by atoms with Crippen LogP contribution in [0.5, 0.6) is 5.75 Å². The minimum Gasteiger partial charge on any atom is -0.487 e. The van der Waals surface area contributed by atoms with E-state index in [2.05, 4.69) is 59.2 Å². The Morgan fingerprint density at radius 2 is 1.77 bits per heavy atom. The summed E-state index contributed by atoms with van der Waals surface area (Å²) in [6, 6.07) is 23.6. The average molecular weight is 469 g/mol. The van der Waals surface area contributed by atoms with E-state index in [9.17, 15) is 4.79 Å². The highest BCUT2D eigenvalue weighted by atomic mass is 16.5. The van der Waals surface area contributed by atoms with Crippen LogP contribution in [0.3, 0.4) is 0 Å². The first-order valence-electron chi connectivity index (χ1n) is 12.6. The normalized spacial score (nSPS) is 23.9. The molecule has 3 fully saturated rings. The highest BCUT2D eigenvalue weighted by Gasteiger charge is 2.49. The number of aromatic nitrogens is 1. The van der Waals surface area contributed by atoms with Gasteiger partial charge in [-0.3, -0.25) is 9.69 Å². The Hall–Kier alpha value is -3.38. The van der Waals surface area contributed by atoms with E-state index < -0.39 is 0 Å². The van der Waals surface area contributed by atoms with Gasteiger partial charge in [0.2, 0.25) is 5.91 Å². The molecule has 3 aliphatic heterocycles. The molecule has 6 rings (SSSR count). The summed E-state index contributed by atoms with van der Waals surface area (Å²) in [6.45, 7) is 6.07. The molecule has 3 atom stereocenters. The maximum atomic E-state index is 13.2. The van der Waals surface area contributed by atoms with E-state index in [4.69, 9.17) is 9.72 Å². The van der Waals surface area contributed by atoms with E-state index in [1.807, 2.05) is 35.4 Å². The monoisotopic (exact) mass is 468 g/mol. The zero-order valence-corrected chi connectivity index (χ0v) is 20.2. The summed E-state index contributed by atoms with van der Waals surface area (Å²) in [5.74, 6) is 2.08. The first-order chi connectivity index (χ1) is 17.1. The van der Waals surface area contributed by atoms with Gasteiger partial charge in [0.25, 0.3) is 0 Å². The van der Waals surface area contributed by atoms with Crippen LogP contribution in [0.4, 0.5) is 5.82 Å². The number of benzene rings is 2. The molecule has 0 aliphatic carbocycles. The van der Waals surface area contributed by atoms with Gasteiger partial charge in [0.15, 0.2) is 0 Å². The molecule has 2 aromatic carbocycles. The summed E-state index contributed by atoms with van der Waals surface area (Å²) >= 11 is 0. The summed E-state index contributed by atoms with van der Waals surface area (Å²) in [7, 11) is 0. The van der Waals surface area contributed by atoms with Crippen molar-refractivity contribution in [2.24, 2.45) is 0 Å². The van der Waals surface area contributed by atoms with Crippen molar-refractivity contribution in [3.8, 4) is 5.75 Å². The van der Waals surface area contributed by atoms with Gasteiger partial charge in [0.05, 0.1) is 12.2 Å². The lowest BCUT2D eigenvalue weighted by Crippen LogP contribution is -2.52.